The van der Waals surface area contributed by atoms with Crippen LogP contribution in [0.3, 0.4) is 0 Å². The van der Waals surface area contributed by atoms with Crippen molar-refractivity contribution >= 4 is 28.5 Å². The molecule has 2 aromatic heterocycles. The third kappa shape index (κ3) is 4.29. The summed E-state index contributed by atoms with van der Waals surface area (Å²) in [6.07, 6.45) is 2.07. The number of carbonyl (C=O) groups excluding carboxylic acids is 1. The number of benzene rings is 1. The van der Waals surface area contributed by atoms with Crippen LogP contribution in [0, 0.1) is 11.2 Å². The van der Waals surface area contributed by atoms with Crippen molar-refractivity contribution in [2.24, 2.45) is 0 Å². The summed E-state index contributed by atoms with van der Waals surface area (Å²) in [5.74, 6) is -0.884. The van der Waals surface area contributed by atoms with Gasteiger partial charge in [-0.25, -0.2) is 14.4 Å². The lowest BCUT2D eigenvalue weighted by Gasteiger charge is -2.20. The largest absolute Gasteiger partial charge is 0.391 e. The van der Waals surface area contributed by atoms with Crippen molar-refractivity contribution in [3.05, 3.63) is 53.2 Å². The molecule has 0 radical (unpaired) electrons. The van der Waals surface area contributed by atoms with Gasteiger partial charge in [0.2, 0.25) is 0 Å². The van der Waals surface area contributed by atoms with Crippen LogP contribution in [0.1, 0.15) is 28.5 Å². The van der Waals surface area contributed by atoms with Gasteiger partial charge in [0.05, 0.1) is 36.2 Å². The molecule has 0 saturated carbocycles. The lowest BCUT2D eigenvalue weighted by Crippen LogP contribution is -2.45. The molecule has 5 N–H and O–H groups in total. The van der Waals surface area contributed by atoms with Crippen LogP contribution in [0.15, 0.2) is 30.6 Å². The molecule has 1 unspecified atom stereocenters. The smallest absolute Gasteiger partial charge is 0.255 e. The number of halogens is 1. The first-order chi connectivity index (χ1) is 14.3. The lowest BCUT2D eigenvalue weighted by atomic mass is 10.1. The average molecular weight is 414 g/mol. The maximum absolute atomic E-state index is 13.5. The molecule has 0 fully saturated rings. The van der Waals surface area contributed by atoms with E-state index in [-0.39, 0.29) is 29.1 Å². The Bertz CT molecular complexity index is 1080. The van der Waals surface area contributed by atoms with Crippen LogP contribution < -0.4 is 10.6 Å². The predicted octanol–water partition coefficient (Wildman–Crippen LogP) is 1.68. The molecular weight excluding hydrogens is 391 g/mol. The molecule has 9 nitrogen and oxygen atoms in total. The lowest BCUT2D eigenvalue weighted by molar-refractivity contribution is 0.0663. The number of fused-ring (bicyclic) bond motifs is 1. The van der Waals surface area contributed by atoms with Gasteiger partial charge >= 0.3 is 0 Å². The number of hydrogen-bond acceptors (Lipinski definition) is 7. The monoisotopic (exact) mass is 414 g/mol. The number of amides is 1. The molecule has 0 aliphatic heterocycles. The van der Waals surface area contributed by atoms with Gasteiger partial charge in [0.1, 0.15) is 17.0 Å². The van der Waals surface area contributed by atoms with E-state index >= 15 is 0 Å². The number of methoxy groups -OCH3 is 1. The van der Waals surface area contributed by atoms with Crippen molar-refractivity contribution in [2.75, 3.05) is 26.1 Å². The van der Waals surface area contributed by atoms with Gasteiger partial charge in [0.15, 0.2) is 5.65 Å². The maximum Gasteiger partial charge on any atom is 0.255 e. The number of hydrogen-bond donors (Lipinski definition) is 5. The molecule has 1 aromatic carbocycles. The van der Waals surface area contributed by atoms with Gasteiger partial charge in [-0.05, 0) is 25.1 Å². The Morgan fingerprint density at radius 3 is 2.83 bits per heavy atom. The van der Waals surface area contributed by atoms with Crippen LogP contribution in [0.4, 0.5) is 10.1 Å². The van der Waals surface area contributed by atoms with Gasteiger partial charge < -0.3 is 25.5 Å². The summed E-state index contributed by atoms with van der Waals surface area (Å²) >= 11 is 0. The number of H-pyrrole nitrogens is 1. The zero-order valence-electron chi connectivity index (χ0n) is 16.8. The Balaban J connectivity index is 1.95. The van der Waals surface area contributed by atoms with Gasteiger partial charge in [-0.3, -0.25) is 10.2 Å². The molecule has 2 atom stereocenters. The van der Waals surface area contributed by atoms with E-state index in [4.69, 9.17) is 10.1 Å². The minimum atomic E-state index is -0.813. The highest BCUT2D eigenvalue weighted by molar-refractivity contribution is 6.14. The number of aliphatic hydroxyl groups excluding tert-OH is 1. The second-order valence-electron chi connectivity index (χ2n) is 6.75. The van der Waals surface area contributed by atoms with E-state index in [1.54, 1.807) is 14.0 Å². The molecule has 3 aromatic rings. The molecule has 0 aliphatic rings. The normalized spacial score (nSPS) is 13.1. The molecule has 158 valence electrons. The molecule has 0 spiro atoms. The minimum absolute atomic E-state index is 0.0301. The van der Waals surface area contributed by atoms with E-state index in [1.165, 1.54) is 37.7 Å². The Kier molecular flexibility index (Phi) is 6.38. The van der Waals surface area contributed by atoms with Crippen molar-refractivity contribution in [1.29, 1.82) is 5.41 Å². The highest BCUT2D eigenvalue weighted by atomic mass is 19.1. The number of aliphatic hydroxyl groups is 1. The third-order valence-electron chi connectivity index (χ3n) is 4.65. The number of carbonyl (C=O) groups is 1. The third-order valence-corrected chi connectivity index (χ3v) is 4.65. The summed E-state index contributed by atoms with van der Waals surface area (Å²) in [5, 5.41) is 23.9. The summed E-state index contributed by atoms with van der Waals surface area (Å²) in [6.45, 7) is 1.70. The maximum atomic E-state index is 13.5. The van der Waals surface area contributed by atoms with Crippen molar-refractivity contribution in [3.8, 4) is 0 Å². The molecule has 10 heteroatoms. The summed E-state index contributed by atoms with van der Waals surface area (Å²) in [6, 6.07) is 3.44. The van der Waals surface area contributed by atoms with Gasteiger partial charge in [-0.15, -0.1) is 0 Å². The van der Waals surface area contributed by atoms with Crippen LogP contribution in [0.5, 0.6) is 0 Å². The highest BCUT2D eigenvalue weighted by Gasteiger charge is 2.22. The number of rotatable bonds is 8. The SMILES string of the molecule is CNc1cc(F)ccc1C(=N)c1cnc2[nH]cc(C(=O)NC(COC)[C@H](C)O)c2n1. The second kappa shape index (κ2) is 8.97. The Hall–Kier alpha value is -3.37. The number of ether oxygens (including phenoxy) is 1. The fourth-order valence-electron chi connectivity index (χ4n) is 2.99. The number of aromatic amines is 1. The van der Waals surface area contributed by atoms with E-state index in [0.717, 1.165) is 0 Å². The highest BCUT2D eigenvalue weighted by Crippen LogP contribution is 2.21. The molecule has 0 saturated heterocycles. The summed E-state index contributed by atoms with van der Waals surface area (Å²) < 4.78 is 18.5. The summed E-state index contributed by atoms with van der Waals surface area (Å²) in [7, 11) is 3.11. The van der Waals surface area contributed by atoms with E-state index in [2.05, 4.69) is 25.6 Å². The van der Waals surface area contributed by atoms with Crippen LogP contribution in [0.25, 0.3) is 11.2 Å². The summed E-state index contributed by atoms with van der Waals surface area (Å²) in [5.41, 5.74) is 2.03. The van der Waals surface area contributed by atoms with Crippen LogP contribution >= 0.6 is 0 Å². The number of anilines is 1. The topological polar surface area (TPSA) is 136 Å². The van der Waals surface area contributed by atoms with E-state index in [1.807, 2.05) is 0 Å². The Labute approximate surface area is 172 Å². The molecule has 0 bridgehead atoms. The molecule has 3 rings (SSSR count). The van der Waals surface area contributed by atoms with Crippen LogP contribution in [-0.2, 0) is 4.74 Å². The zero-order valence-corrected chi connectivity index (χ0v) is 16.8. The Morgan fingerprint density at radius 1 is 1.40 bits per heavy atom. The molecule has 30 heavy (non-hydrogen) atoms. The number of nitrogens with one attached hydrogen (secondary N) is 4. The van der Waals surface area contributed by atoms with Crippen molar-refractivity contribution < 1.29 is 19.0 Å². The Morgan fingerprint density at radius 2 is 2.17 bits per heavy atom. The average Bonchev–Trinajstić information content (AvgIpc) is 3.16. The molecule has 1 amide bonds. The van der Waals surface area contributed by atoms with Crippen molar-refractivity contribution in [1.82, 2.24) is 20.3 Å². The van der Waals surface area contributed by atoms with Crippen molar-refractivity contribution in [3.63, 3.8) is 0 Å². The zero-order chi connectivity index (χ0) is 21.8. The molecule has 0 aliphatic carbocycles. The fraction of sp³-hybridized carbons (Fsp3) is 0.300. The molecular formula is C20H23FN6O3. The van der Waals surface area contributed by atoms with Gasteiger partial charge in [0, 0.05) is 31.6 Å². The van der Waals surface area contributed by atoms with E-state index in [0.29, 0.717) is 16.9 Å². The van der Waals surface area contributed by atoms with Crippen molar-refractivity contribution in [2.45, 2.75) is 19.1 Å². The standard InChI is InChI=1S/C20H23FN6O3/c1-10(28)16(9-30-3)27-20(29)13-7-24-19-18(13)26-15(8-25-19)17(22)12-5-4-11(21)6-14(12)23-2/h4-8,10,16,22-23,28H,9H2,1-3H3,(H,24,25)(H,27,29)/t10-,16?/m0/s1. The van der Waals surface area contributed by atoms with Crippen LogP contribution in [0.2, 0.25) is 0 Å². The van der Waals surface area contributed by atoms with Gasteiger partial charge in [-0.2, -0.15) is 0 Å². The first kappa shape index (κ1) is 21.3. The summed E-state index contributed by atoms with van der Waals surface area (Å²) in [4.78, 5) is 24.3. The second-order valence-corrected chi connectivity index (χ2v) is 6.75. The van der Waals surface area contributed by atoms with E-state index < -0.39 is 23.9 Å². The quantitative estimate of drug-likeness (QED) is 0.356. The molecule has 2 heterocycles. The first-order valence-corrected chi connectivity index (χ1v) is 9.24. The number of aromatic nitrogens is 3. The minimum Gasteiger partial charge on any atom is -0.391 e. The number of nitrogens with zero attached hydrogens (tertiary/aromatic N) is 2. The fourth-order valence-corrected chi connectivity index (χ4v) is 2.99. The van der Waals surface area contributed by atoms with Gasteiger partial charge in [-0.1, -0.05) is 0 Å². The predicted molar refractivity (Wildman–Crippen MR) is 111 cm³/mol. The van der Waals surface area contributed by atoms with E-state index in [9.17, 15) is 14.3 Å². The van der Waals surface area contributed by atoms with Gasteiger partial charge in [0.25, 0.3) is 5.91 Å². The first-order valence-electron chi connectivity index (χ1n) is 9.24. The van der Waals surface area contributed by atoms with Crippen LogP contribution in [-0.4, -0.2) is 64.6 Å².